The zero-order chi connectivity index (χ0) is 19.4. The predicted octanol–water partition coefficient (Wildman–Crippen LogP) is 5.33. The van der Waals surface area contributed by atoms with Crippen molar-refractivity contribution in [3.63, 3.8) is 0 Å². The largest absolute Gasteiger partial charge is 0.462 e. The minimum absolute atomic E-state index is 0.310. The van der Waals surface area contributed by atoms with Crippen LogP contribution in [0.5, 0.6) is 0 Å². The van der Waals surface area contributed by atoms with E-state index in [1.165, 1.54) is 5.56 Å². The highest BCUT2D eigenvalue weighted by molar-refractivity contribution is 5.90. The number of esters is 1. The van der Waals surface area contributed by atoms with Gasteiger partial charge in [0, 0.05) is 28.9 Å². The maximum atomic E-state index is 11.7. The Kier molecular flexibility index (Phi) is 5.55. The Morgan fingerprint density at radius 3 is 2.48 bits per heavy atom. The van der Waals surface area contributed by atoms with Crippen LogP contribution in [0.4, 0.5) is 5.69 Å². The molecule has 3 aromatic rings. The maximum absolute atomic E-state index is 11.7. The fourth-order valence-corrected chi connectivity index (χ4v) is 3.12. The van der Waals surface area contributed by atoms with Gasteiger partial charge >= 0.3 is 5.97 Å². The number of rotatable bonds is 5. The fraction of sp³-hybridized carbons (Fsp3) is 0.217. The molecule has 0 saturated heterocycles. The lowest BCUT2D eigenvalue weighted by Gasteiger charge is -2.10. The third-order valence-electron chi connectivity index (χ3n) is 4.46. The van der Waals surface area contributed by atoms with E-state index in [-0.39, 0.29) is 5.97 Å². The van der Waals surface area contributed by atoms with E-state index in [1.807, 2.05) is 18.3 Å². The van der Waals surface area contributed by atoms with Crippen LogP contribution in [0.2, 0.25) is 0 Å². The molecular weight excluding hydrogens is 336 g/mol. The van der Waals surface area contributed by atoms with Crippen LogP contribution in [0.1, 0.15) is 39.8 Å². The minimum Gasteiger partial charge on any atom is -0.462 e. The van der Waals surface area contributed by atoms with Crippen molar-refractivity contribution in [1.82, 2.24) is 4.57 Å². The number of hydrogen-bond donors (Lipinski definition) is 0. The summed E-state index contributed by atoms with van der Waals surface area (Å²) in [5.74, 6) is -0.310. The molecule has 0 spiro atoms. The van der Waals surface area contributed by atoms with Gasteiger partial charge in [-0.1, -0.05) is 12.1 Å². The molecule has 0 bridgehead atoms. The summed E-state index contributed by atoms with van der Waals surface area (Å²) in [5, 5.41) is 0. The summed E-state index contributed by atoms with van der Waals surface area (Å²) >= 11 is 0. The van der Waals surface area contributed by atoms with Gasteiger partial charge in [-0.25, -0.2) is 4.79 Å². The van der Waals surface area contributed by atoms with E-state index in [4.69, 9.17) is 4.74 Å². The lowest BCUT2D eigenvalue weighted by atomic mass is 10.2. The number of carbonyl (C=O) groups is 1. The first-order valence-corrected chi connectivity index (χ1v) is 9.07. The maximum Gasteiger partial charge on any atom is 0.338 e. The summed E-state index contributed by atoms with van der Waals surface area (Å²) in [6, 6.07) is 17.7. The molecule has 0 amide bonds. The normalized spacial score (nSPS) is 11.1. The first kappa shape index (κ1) is 18.6. The number of hydrogen-bond acceptors (Lipinski definition) is 3. The highest BCUT2D eigenvalue weighted by Gasteiger charge is 2.10. The van der Waals surface area contributed by atoms with Crippen LogP contribution in [0, 0.1) is 20.8 Å². The van der Waals surface area contributed by atoms with Gasteiger partial charge in [0.05, 0.1) is 17.9 Å². The monoisotopic (exact) mass is 360 g/mol. The molecule has 1 heterocycles. The van der Waals surface area contributed by atoms with Gasteiger partial charge in [0.2, 0.25) is 0 Å². The van der Waals surface area contributed by atoms with Gasteiger partial charge in [-0.15, -0.1) is 0 Å². The molecule has 2 aromatic carbocycles. The molecular formula is C23H24N2O2. The summed E-state index contributed by atoms with van der Waals surface area (Å²) in [4.78, 5) is 16.3. The van der Waals surface area contributed by atoms with Gasteiger partial charge in [-0.3, -0.25) is 4.99 Å². The third-order valence-corrected chi connectivity index (χ3v) is 4.46. The second-order valence-electron chi connectivity index (χ2n) is 6.53. The van der Waals surface area contributed by atoms with Gasteiger partial charge in [-0.2, -0.15) is 0 Å². The molecule has 4 heteroatoms. The van der Waals surface area contributed by atoms with E-state index in [0.29, 0.717) is 12.2 Å². The molecule has 138 valence electrons. The average Bonchev–Trinajstić information content (AvgIpc) is 2.94. The first-order valence-electron chi connectivity index (χ1n) is 9.07. The van der Waals surface area contributed by atoms with E-state index >= 15 is 0 Å². The smallest absolute Gasteiger partial charge is 0.338 e. The molecule has 0 aliphatic carbocycles. The van der Waals surface area contributed by atoms with Crippen LogP contribution in [0.3, 0.4) is 0 Å². The second kappa shape index (κ2) is 8.04. The molecule has 0 unspecified atom stereocenters. The molecule has 0 radical (unpaired) electrons. The zero-order valence-corrected chi connectivity index (χ0v) is 16.2. The van der Waals surface area contributed by atoms with E-state index in [0.717, 1.165) is 28.3 Å². The Labute approximate surface area is 160 Å². The van der Waals surface area contributed by atoms with E-state index in [9.17, 15) is 4.79 Å². The van der Waals surface area contributed by atoms with Crippen LogP contribution >= 0.6 is 0 Å². The molecule has 0 fully saturated rings. The van der Waals surface area contributed by atoms with E-state index in [1.54, 1.807) is 19.1 Å². The number of benzene rings is 2. The highest BCUT2D eigenvalue weighted by Crippen LogP contribution is 2.21. The minimum atomic E-state index is -0.310. The molecule has 0 atom stereocenters. The summed E-state index contributed by atoms with van der Waals surface area (Å²) < 4.78 is 7.23. The van der Waals surface area contributed by atoms with Crippen molar-refractivity contribution in [1.29, 1.82) is 0 Å². The Balaban J connectivity index is 1.84. The SMILES string of the molecule is CCOC(=O)c1ccc(N=Cc2cc(C)n(-c3cccc(C)c3)c2C)cc1. The highest BCUT2D eigenvalue weighted by atomic mass is 16.5. The molecule has 0 aliphatic heterocycles. The summed E-state index contributed by atoms with van der Waals surface area (Å²) in [7, 11) is 0. The Hall–Kier alpha value is -3.14. The Morgan fingerprint density at radius 1 is 1.07 bits per heavy atom. The predicted molar refractivity (Wildman–Crippen MR) is 110 cm³/mol. The van der Waals surface area contributed by atoms with Gasteiger partial charge in [-0.05, 0) is 75.7 Å². The van der Waals surface area contributed by atoms with Crippen molar-refractivity contribution < 1.29 is 9.53 Å². The molecule has 0 aliphatic rings. The van der Waals surface area contributed by atoms with Crippen molar-refractivity contribution in [3.8, 4) is 5.69 Å². The van der Waals surface area contributed by atoms with Gasteiger partial charge in [0.25, 0.3) is 0 Å². The molecule has 0 N–H and O–H groups in total. The van der Waals surface area contributed by atoms with Gasteiger partial charge in [0.15, 0.2) is 0 Å². The van der Waals surface area contributed by atoms with Crippen LogP contribution < -0.4 is 0 Å². The van der Waals surface area contributed by atoms with E-state index in [2.05, 4.69) is 60.7 Å². The summed E-state index contributed by atoms with van der Waals surface area (Å²) in [6.45, 7) is 8.46. The topological polar surface area (TPSA) is 43.6 Å². The molecule has 4 nitrogen and oxygen atoms in total. The van der Waals surface area contributed by atoms with Crippen molar-refractivity contribution in [3.05, 3.63) is 82.7 Å². The first-order chi connectivity index (χ1) is 13.0. The van der Waals surface area contributed by atoms with Crippen molar-refractivity contribution >= 4 is 17.9 Å². The second-order valence-corrected chi connectivity index (χ2v) is 6.53. The van der Waals surface area contributed by atoms with Crippen LogP contribution in [0.25, 0.3) is 5.69 Å². The van der Waals surface area contributed by atoms with Crippen molar-refractivity contribution in [2.24, 2.45) is 4.99 Å². The lowest BCUT2D eigenvalue weighted by molar-refractivity contribution is 0.0526. The Morgan fingerprint density at radius 2 is 1.81 bits per heavy atom. The zero-order valence-electron chi connectivity index (χ0n) is 16.2. The number of aliphatic imine (C=N–C) groups is 1. The third kappa shape index (κ3) is 4.17. The summed E-state index contributed by atoms with van der Waals surface area (Å²) in [5.41, 5.74) is 7.10. The van der Waals surface area contributed by atoms with Crippen LogP contribution in [0.15, 0.2) is 59.6 Å². The number of aromatic nitrogens is 1. The van der Waals surface area contributed by atoms with Crippen LogP contribution in [-0.2, 0) is 4.74 Å². The molecule has 0 saturated carbocycles. The quantitative estimate of drug-likeness (QED) is 0.456. The molecule has 1 aromatic heterocycles. The van der Waals surface area contributed by atoms with Gasteiger partial charge in [0.1, 0.15) is 0 Å². The van der Waals surface area contributed by atoms with Crippen LogP contribution in [-0.4, -0.2) is 23.4 Å². The number of ether oxygens (including phenoxy) is 1. The van der Waals surface area contributed by atoms with Gasteiger partial charge < -0.3 is 9.30 Å². The number of carbonyl (C=O) groups excluding carboxylic acids is 1. The number of nitrogens with zero attached hydrogens (tertiary/aromatic N) is 2. The van der Waals surface area contributed by atoms with Crippen molar-refractivity contribution in [2.75, 3.05) is 6.61 Å². The lowest BCUT2D eigenvalue weighted by Crippen LogP contribution is -2.03. The Bertz CT molecular complexity index is 982. The van der Waals surface area contributed by atoms with E-state index < -0.39 is 0 Å². The fourth-order valence-electron chi connectivity index (χ4n) is 3.12. The average molecular weight is 360 g/mol. The molecule has 27 heavy (non-hydrogen) atoms. The summed E-state index contributed by atoms with van der Waals surface area (Å²) in [6.07, 6.45) is 1.87. The molecule has 3 rings (SSSR count). The standard InChI is InChI=1S/C23H24N2O2/c1-5-27-23(26)19-9-11-21(12-10-19)24-15-20-14-17(3)25(18(20)4)22-8-6-7-16(2)13-22/h6-15H,5H2,1-4H3. The van der Waals surface area contributed by atoms with Crippen molar-refractivity contribution in [2.45, 2.75) is 27.7 Å². The number of aryl methyl sites for hydroxylation is 2.